The number of nitrogens with zero attached hydrogens (tertiary/aromatic N) is 3. The monoisotopic (exact) mass is 324 g/mol. The lowest BCUT2D eigenvalue weighted by Gasteiger charge is -2.08. The average Bonchev–Trinajstić information content (AvgIpc) is 2.97. The maximum Gasteiger partial charge on any atom is 0.427 e. The van der Waals surface area contributed by atoms with Crippen LogP contribution < -0.4 is 5.32 Å². The lowest BCUT2D eigenvalue weighted by molar-refractivity contribution is -0.134. The largest absolute Gasteiger partial charge is 0.427 e. The van der Waals surface area contributed by atoms with Crippen LogP contribution in [0.25, 0.3) is 10.8 Å². The van der Waals surface area contributed by atoms with Crippen LogP contribution in [0.1, 0.15) is 15.4 Å². The number of hydrogen-bond acceptors (Lipinski definition) is 5. The Morgan fingerprint density at radius 2 is 2.00 bits per heavy atom. The highest BCUT2D eigenvalue weighted by molar-refractivity contribution is 7.10. The van der Waals surface area contributed by atoms with Gasteiger partial charge in [-0.15, -0.1) is 11.3 Å². The van der Waals surface area contributed by atoms with Crippen molar-refractivity contribution < 1.29 is 18.0 Å². The summed E-state index contributed by atoms with van der Waals surface area (Å²) in [7, 11) is 0. The molecule has 0 saturated carbocycles. The van der Waals surface area contributed by atoms with E-state index < -0.39 is 22.7 Å². The number of rotatable bonds is 2. The molecule has 0 aliphatic heterocycles. The number of amides is 1. The van der Waals surface area contributed by atoms with Crippen LogP contribution >= 0.6 is 11.3 Å². The third-order valence-corrected chi connectivity index (χ3v) is 3.71. The van der Waals surface area contributed by atoms with E-state index in [1.165, 1.54) is 12.4 Å². The van der Waals surface area contributed by atoms with Crippen LogP contribution in [0.15, 0.2) is 36.2 Å². The number of fused-ring (bicyclic) bond motifs is 1. The van der Waals surface area contributed by atoms with Gasteiger partial charge in [-0.05, 0) is 12.1 Å². The quantitative estimate of drug-likeness (QED) is 0.785. The molecule has 22 heavy (non-hydrogen) atoms. The Bertz CT molecular complexity index is 841. The Balaban J connectivity index is 1.96. The van der Waals surface area contributed by atoms with Crippen molar-refractivity contribution in [3.05, 3.63) is 46.8 Å². The van der Waals surface area contributed by atoms with Gasteiger partial charge in [-0.3, -0.25) is 9.78 Å². The Hall–Kier alpha value is -2.55. The molecule has 0 fully saturated rings. The minimum atomic E-state index is -4.62. The van der Waals surface area contributed by atoms with Gasteiger partial charge in [0.15, 0.2) is 5.69 Å². The van der Waals surface area contributed by atoms with Gasteiger partial charge < -0.3 is 5.32 Å². The van der Waals surface area contributed by atoms with Crippen molar-refractivity contribution in [2.45, 2.75) is 6.18 Å². The smallest absolute Gasteiger partial charge is 0.305 e. The number of alkyl halides is 3. The van der Waals surface area contributed by atoms with Gasteiger partial charge in [0, 0.05) is 29.4 Å². The molecule has 1 amide bonds. The predicted octanol–water partition coefficient (Wildman–Crippen LogP) is 3.36. The van der Waals surface area contributed by atoms with E-state index in [0.29, 0.717) is 22.1 Å². The average molecular weight is 324 g/mol. The minimum Gasteiger partial charge on any atom is -0.305 e. The number of hydrogen-bond donors (Lipinski definition) is 1. The second-order valence-corrected chi connectivity index (χ2v) is 5.09. The summed E-state index contributed by atoms with van der Waals surface area (Å²) in [4.78, 5) is 22.4. The molecule has 0 aliphatic rings. The summed E-state index contributed by atoms with van der Waals surface area (Å²) in [6.45, 7) is 0. The van der Waals surface area contributed by atoms with Gasteiger partial charge in [0.1, 0.15) is 10.7 Å². The van der Waals surface area contributed by atoms with Gasteiger partial charge in [-0.2, -0.15) is 13.2 Å². The maximum atomic E-state index is 12.8. The molecule has 0 bridgehead atoms. The van der Waals surface area contributed by atoms with Crippen molar-refractivity contribution in [3.63, 3.8) is 0 Å². The van der Waals surface area contributed by atoms with Gasteiger partial charge in [0.25, 0.3) is 5.91 Å². The summed E-state index contributed by atoms with van der Waals surface area (Å²) in [5, 5.41) is 3.65. The summed E-state index contributed by atoms with van der Waals surface area (Å²) in [5.74, 6) is -0.795. The lowest BCUT2D eigenvalue weighted by atomic mass is 10.2. The fourth-order valence-electron chi connectivity index (χ4n) is 1.89. The van der Waals surface area contributed by atoms with Gasteiger partial charge in [0.2, 0.25) is 0 Å². The molecule has 5 nitrogen and oxygen atoms in total. The molecule has 1 N–H and O–H groups in total. The zero-order chi connectivity index (χ0) is 15.7. The second kappa shape index (κ2) is 5.34. The first-order chi connectivity index (χ1) is 10.5. The number of carbonyl (C=O) groups excluding carboxylic acids is 1. The first kappa shape index (κ1) is 14.4. The standard InChI is InChI=1S/C13H7F3N4OS/c14-13(15,16)10-9(19-6-22-10)12(21)20-11-8-2-3-17-5-7(8)1-4-18-11/h1-6H,(H,18,20,21). The van der Waals surface area contributed by atoms with Crippen LogP contribution in [-0.2, 0) is 6.18 Å². The third kappa shape index (κ3) is 2.62. The van der Waals surface area contributed by atoms with E-state index in [1.807, 2.05) is 0 Å². The van der Waals surface area contributed by atoms with Crippen molar-refractivity contribution in [3.8, 4) is 0 Å². The lowest BCUT2D eigenvalue weighted by Crippen LogP contribution is -2.18. The van der Waals surface area contributed by atoms with Gasteiger partial charge >= 0.3 is 6.18 Å². The number of thiazole rings is 1. The maximum absolute atomic E-state index is 12.8. The zero-order valence-electron chi connectivity index (χ0n) is 10.8. The van der Waals surface area contributed by atoms with Crippen LogP contribution in [0, 0.1) is 0 Å². The highest BCUT2D eigenvalue weighted by Crippen LogP contribution is 2.35. The number of halogens is 3. The molecule has 3 aromatic heterocycles. The van der Waals surface area contributed by atoms with Crippen molar-refractivity contribution in [2.75, 3.05) is 5.32 Å². The third-order valence-electron chi connectivity index (χ3n) is 2.84. The summed E-state index contributed by atoms with van der Waals surface area (Å²) in [6.07, 6.45) is -0.115. The molecule has 0 aromatic carbocycles. The summed E-state index contributed by atoms with van der Waals surface area (Å²) < 4.78 is 38.4. The molecule has 3 heterocycles. The second-order valence-electron chi connectivity index (χ2n) is 4.24. The summed E-state index contributed by atoms with van der Waals surface area (Å²) in [6, 6.07) is 3.30. The van der Waals surface area contributed by atoms with Crippen LogP contribution in [0.3, 0.4) is 0 Å². The van der Waals surface area contributed by atoms with Crippen molar-refractivity contribution in [1.82, 2.24) is 15.0 Å². The molecule has 0 atom stereocenters. The van der Waals surface area contributed by atoms with Crippen LogP contribution in [0.2, 0.25) is 0 Å². The molecule has 0 unspecified atom stereocenters. The molecule has 0 radical (unpaired) electrons. The molecule has 3 rings (SSSR count). The van der Waals surface area contributed by atoms with Gasteiger partial charge in [-0.25, -0.2) is 9.97 Å². The molecule has 3 aromatic rings. The summed E-state index contributed by atoms with van der Waals surface area (Å²) in [5.41, 5.74) is 0.323. The SMILES string of the molecule is O=C(Nc1nccc2cnccc12)c1ncsc1C(F)(F)F. The van der Waals surface area contributed by atoms with Gasteiger partial charge in [0.05, 0.1) is 5.51 Å². The highest BCUT2D eigenvalue weighted by atomic mass is 32.1. The Morgan fingerprint density at radius 3 is 2.77 bits per heavy atom. The van der Waals surface area contributed by atoms with E-state index in [9.17, 15) is 18.0 Å². The van der Waals surface area contributed by atoms with Gasteiger partial charge in [-0.1, -0.05) is 0 Å². The van der Waals surface area contributed by atoms with Crippen LogP contribution in [0.4, 0.5) is 19.0 Å². The Labute approximate surface area is 125 Å². The molecule has 0 saturated heterocycles. The van der Waals surface area contributed by atoms with Crippen molar-refractivity contribution in [1.29, 1.82) is 0 Å². The fourth-order valence-corrected chi connectivity index (χ4v) is 2.55. The number of nitrogens with one attached hydrogen (secondary N) is 1. The Kier molecular flexibility index (Phi) is 3.49. The number of pyridine rings is 2. The number of anilines is 1. The van der Waals surface area contributed by atoms with E-state index >= 15 is 0 Å². The van der Waals surface area contributed by atoms with E-state index in [-0.39, 0.29) is 5.82 Å². The molecule has 9 heteroatoms. The first-order valence-electron chi connectivity index (χ1n) is 5.97. The molecule has 0 aliphatic carbocycles. The van der Waals surface area contributed by atoms with Crippen molar-refractivity contribution in [2.24, 2.45) is 0 Å². The van der Waals surface area contributed by atoms with Crippen LogP contribution in [-0.4, -0.2) is 20.9 Å². The molecule has 112 valence electrons. The van der Waals surface area contributed by atoms with Crippen molar-refractivity contribution >= 4 is 33.8 Å². The fraction of sp³-hybridized carbons (Fsp3) is 0.0769. The summed E-state index contributed by atoms with van der Waals surface area (Å²) >= 11 is 0.372. The topological polar surface area (TPSA) is 67.8 Å². The van der Waals surface area contributed by atoms with E-state index in [4.69, 9.17) is 0 Å². The van der Waals surface area contributed by atoms with E-state index in [0.717, 1.165) is 5.51 Å². The highest BCUT2D eigenvalue weighted by Gasteiger charge is 2.38. The predicted molar refractivity (Wildman–Crippen MR) is 74.6 cm³/mol. The van der Waals surface area contributed by atoms with E-state index in [2.05, 4.69) is 20.3 Å². The number of aromatic nitrogens is 3. The molecular weight excluding hydrogens is 317 g/mol. The molecular formula is C13H7F3N4OS. The zero-order valence-corrected chi connectivity index (χ0v) is 11.6. The van der Waals surface area contributed by atoms with Crippen LogP contribution in [0.5, 0.6) is 0 Å². The Morgan fingerprint density at radius 1 is 1.18 bits per heavy atom. The number of carbonyl (C=O) groups is 1. The molecule has 0 spiro atoms. The van der Waals surface area contributed by atoms with E-state index in [1.54, 1.807) is 18.3 Å². The first-order valence-corrected chi connectivity index (χ1v) is 6.85. The minimum absolute atomic E-state index is 0.158. The normalized spacial score (nSPS) is 11.6.